The standard InChI is InChI=1S/C41H24N2O/c1-2-10-25(11-3-1)34-24-42-41(33-15-5-4-13-30(33)34)43-35-18-8-12-26-20-21-27-22-28(23-36(43)39(27)38(26)35)29-16-9-17-32-31-14-6-7-19-37(31)44-40(29)32/h1-24H. The molecule has 0 atom stereocenters. The number of fused-ring (bicyclic) bond motifs is 4. The Balaban J connectivity index is 1.32. The Morgan fingerprint density at radius 2 is 1.20 bits per heavy atom. The van der Waals surface area contributed by atoms with E-state index >= 15 is 0 Å². The maximum absolute atomic E-state index is 6.49. The van der Waals surface area contributed by atoms with E-state index in [2.05, 4.69) is 132 Å². The van der Waals surface area contributed by atoms with Crippen molar-refractivity contribution in [1.29, 1.82) is 0 Å². The Morgan fingerprint density at radius 1 is 0.477 bits per heavy atom. The van der Waals surface area contributed by atoms with Crippen LogP contribution in [0.2, 0.25) is 0 Å². The Kier molecular flexibility index (Phi) is 4.72. The summed E-state index contributed by atoms with van der Waals surface area (Å²) in [6.45, 7) is 0. The van der Waals surface area contributed by atoms with Crippen LogP contribution in [0.5, 0.6) is 0 Å². The Bertz CT molecular complexity index is 2710. The molecular weight excluding hydrogens is 536 g/mol. The SMILES string of the molecule is c1ccc(-c2cnc(-n3c4cccc5ccc6cc(-c7cccc8c7oc7ccccc78)cc3c6c54)c3ccccc23)cc1. The molecule has 10 rings (SSSR count). The van der Waals surface area contributed by atoms with Crippen molar-refractivity contribution in [3.63, 3.8) is 0 Å². The average Bonchev–Trinajstić information content (AvgIpc) is 3.64. The van der Waals surface area contributed by atoms with Crippen molar-refractivity contribution in [3.05, 3.63) is 146 Å². The van der Waals surface area contributed by atoms with E-state index in [4.69, 9.17) is 9.40 Å². The van der Waals surface area contributed by atoms with E-state index in [0.29, 0.717) is 0 Å². The summed E-state index contributed by atoms with van der Waals surface area (Å²) in [6, 6.07) is 49.6. The number of furan rings is 1. The third-order valence-electron chi connectivity index (χ3n) is 9.18. The molecule has 0 unspecified atom stereocenters. The van der Waals surface area contributed by atoms with Crippen molar-refractivity contribution in [2.75, 3.05) is 0 Å². The van der Waals surface area contributed by atoms with Gasteiger partial charge in [0.1, 0.15) is 17.0 Å². The van der Waals surface area contributed by atoms with Gasteiger partial charge in [-0.1, -0.05) is 115 Å². The molecule has 0 aliphatic heterocycles. The molecule has 0 aliphatic rings. The highest BCUT2D eigenvalue weighted by Gasteiger charge is 2.21. The molecule has 0 bridgehead atoms. The Labute approximate surface area is 252 Å². The molecule has 10 aromatic rings. The van der Waals surface area contributed by atoms with Crippen LogP contribution < -0.4 is 0 Å². The number of hydrogen-bond acceptors (Lipinski definition) is 2. The number of rotatable bonds is 3. The minimum atomic E-state index is 0.908. The Morgan fingerprint density at radius 3 is 2.11 bits per heavy atom. The van der Waals surface area contributed by atoms with Crippen molar-refractivity contribution in [3.8, 4) is 28.1 Å². The molecule has 0 saturated heterocycles. The fourth-order valence-corrected chi connectivity index (χ4v) is 7.26. The van der Waals surface area contributed by atoms with Gasteiger partial charge in [-0.25, -0.2) is 4.98 Å². The van der Waals surface area contributed by atoms with E-state index in [1.165, 1.54) is 26.9 Å². The molecule has 0 N–H and O–H groups in total. The molecule has 0 amide bonds. The molecule has 3 heteroatoms. The normalized spacial score (nSPS) is 12.1. The number of pyridine rings is 1. The quantitative estimate of drug-likeness (QED) is 0.201. The molecule has 44 heavy (non-hydrogen) atoms. The van der Waals surface area contributed by atoms with Crippen LogP contribution in [0.25, 0.3) is 93.4 Å². The fourth-order valence-electron chi connectivity index (χ4n) is 7.26. The number of hydrogen-bond donors (Lipinski definition) is 0. The maximum atomic E-state index is 6.49. The molecular formula is C41H24N2O. The molecule has 3 heterocycles. The second kappa shape index (κ2) is 8.79. The lowest BCUT2D eigenvalue weighted by Gasteiger charge is -2.14. The third-order valence-corrected chi connectivity index (χ3v) is 9.18. The van der Waals surface area contributed by atoms with Gasteiger partial charge < -0.3 is 4.42 Å². The van der Waals surface area contributed by atoms with Gasteiger partial charge in [-0.05, 0) is 51.6 Å². The second-order valence-corrected chi connectivity index (χ2v) is 11.6. The van der Waals surface area contributed by atoms with Crippen LogP contribution in [0.1, 0.15) is 0 Å². The lowest BCUT2D eigenvalue weighted by molar-refractivity contribution is 0.670. The monoisotopic (exact) mass is 560 g/mol. The predicted molar refractivity (Wildman–Crippen MR) is 183 cm³/mol. The first kappa shape index (κ1) is 23.6. The first-order chi connectivity index (χ1) is 21.8. The largest absolute Gasteiger partial charge is 0.455 e. The van der Waals surface area contributed by atoms with Crippen molar-refractivity contribution < 1.29 is 4.42 Å². The summed E-state index contributed by atoms with van der Waals surface area (Å²) in [6.07, 6.45) is 2.03. The molecule has 0 radical (unpaired) electrons. The zero-order chi connectivity index (χ0) is 28.8. The number of para-hydroxylation sites is 2. The summed E-state index contributed by atoms with van der Waals surface area (Å²) >= 11 is 0. The fraction of sp³-hybridized carbons (Fsp3) is 0. The van der Waals surface area contributed by atoms with Crippen LogP contribution in [0.3, 0.4) is 0 Å². The van der Waals surface area contributed by atoms with Crippen molar-refractivity contribution in [2.24, 2.45) is 0 Å². The zero-order valence-corrected chi connectivity index (χ0v) is 23.7. The second-order valence-electron chi connectivity index (χ2n) is 11.6. The number of aromatic nitrogens is 2. The topological polar surface area (TPSA) is 31.0 Å². The van der Waals surface area contributed by atoms with Crippen LogP contribution in [0.4, 0.5) is 0 Å². The van der Waals surface area contributed by atoms with Crippen molar-refractivity contribution >= 4 is 65.3 Å². The first-order valence-corrected chi connectivity index (χ1v) is 15.0. The minimum Gasteiger partial charge on any atom is -0.455 e. The van der Waals surface area contributed by atoms with E-state index in [1.807, 2.05) is 18.3 Å². The van der Waals surface area contributed by atoms with E-state index in [9.17, 15) is 0 Å². The summed E-state index contributed by atoms with van der Waals surface area (Å²) in [5, 5.41) is 9.55. The summed E-state index contributed by atoms with van der Waals surface area (Å²) in [5.41, 5.74) is 8.64. The zero-order valence-electron chi connectivity index (χ0n) is 23.7. The first-order valence-electron chi connectivity index (χ1n) is 15.0. The molecule has 0 fully saturated rings. The summed E-state index contributed by atoms with van der Waals surface area (Å²) in [4.78, 5) is 5.21. The van der Waals surface area contributed by atoms with Gasteiger partial charge in [0.15, 0.2) is 0 Å². The van der Waals surface area contributed by atoms with Gasteiger partial charge in [-0.2, -0.15) is 0 Å². The van der Waals surface area contributed by atoms with Gasteiger partial charge in [0, 0.05) is 44.3 Å². The van der Waals surface area contributed by atoms with E-state index in [0.717, 1.165) is 66.4 Å². The van der Waals surface area contributed by atoms with Crippen LogP contribution in [-0.2, 0) is 0 Å². The van der Waals surface area contributed by atoms with Gasteiger partial charge in [0.2, 0.25) is 0 Å². The van der Waals surface area contributed by atoms with Crippen molar-refractivity contribution in [2.45, 2.75) is 0 Å². The van der Waals surface area contributed by atoms with Crippen LogP contribution in [0, 0.1) is 0 Å². The van der Waals surface area contributed by atoms with Crippen LogP contribution >= 0.6 is 0 Å². The highest BCUT2D eigenvalue weighted by molar-refractivity contribution is 6.25. The van der Waals surface area contributed by atoms with E-state index < -0.39 is 0 Å². The lowest BCUT2D eigenvalue weighted by Crippen LogP contribution is -2.00. The number of nitrogens with zero attached hydrogens (tertiary/aromatic N) is 2. The van der Waals surface area contributed by atoms with Gasteiger partial charge >= 0.3 is 0 Å². The molecule has 204 valence electrons. The highest BCUT2D eigenvalue weighted by Crippen LogP contribution is 2.44. The molecule has 0 spiro atoms. The smallest absolute Gasteiger partial charge is 0.145 e. The highest BCUT2D eigenvalue weighted by atomic mass is 16.3. The summed E-state index contributed by atoms with van der Waals surface area (Å²) < 4.78 is 8.85. The van der Waals surface area contributed by atoms with Gasteiger partial charge in [0.25, 0.3) is 0 Å². The number of benzene rings is 7. The third kappa shape index (κ3) is 3.18. The lowest BCUT2D eigenvalue weighted by atomic mass is 9.96. The van der Waals surface area contributed by atoms with Crippen LogP contribution in [-0.4, -0.2) is 9.55 Å². The molecule has 0 aliphatic carbocycles. The van der Waals surface area contributed by atoms with E-state index in [1.54, 1.807) is 0 Å². The molecule has 7 aromatic carbocycles. The summed E-state index contributed by atoms with van der Waals surface area (Å²) in [5.74, 6) is 0.935. The van der Waals surface area contributed by atoms with Gasteiger partial charge in [0.05, 0.1) is 11.0 Å². The molecule has 3 aromatic heterocycles. The van der Waals surface area contributed by atoms with E-state index in [-0.39, 0.29) is 0 Å². The van der Waals surface area contributed by atoms with Gasteiger partial charge in [-0.15, -0.1) is 0 Å². The molecule has 0 saturated carbocycles. The molecule has 3 nitrogen and oxygen atoms in total. The van der Waals surface area contributed by atoms with Gasteiger partial charge in [-0.3, -0.25) is 4.57 Å². The average molecular weight is 561 g/mol. The predicted octanol–water partition coefficient (Wildman–Crippen LogP) is 11.2. The maximum Gasteiger partial charge on any atom is 0.145 e. The Hall–Kier alpha value is -5.93. The van der Waals surface area contributed by atoms with Crippen molar-refractivity contribution in [1.82, 2.24) is 9.55 Å². The van der Waals surface area contributed by atoms with Crippen LogP contribution in [0.15, 0.2) is 150 Å². The minimum absolute atomic E-state index is 0.908. The summed E-state index contributed by atoms with van der Waals surface area (Å²) in [7, 11) is 0.